The molecule has 0 aliphatic heterocycles. The standard InChI is InChI=1S/C25H29N5O5.C24H28N6O5.C23H33N5O5.C22H28N4O5/c1-16-22(35-19-10-6-9-18(13-19)24(31)32)12-11-20(27-16)23-21(30(2)29-28-23)14-26-25(33)34-15-17-7-4-3-5-8-17;1-15-22(35-18-10-6-9-17(11-18)23(31)32)25-12-19(27-15)21-20(30(2)29-28-21)13-26-24(33)34-14-16-7-4-3-5-8-16;1-5-14(2)13-32-23(31)24-12-19-21(26-27-28(19)4)18-9-10-20(15(3)25-18)33-17-8-6-7-16(11-17)22(29)30;1-13-19(31-16-5-3-4-15(10-16)22(28)29)9-8-17(23-13)21-18(26(2)25-24-21)11-20(27)30-12-14-6-7-14/h3-5,7-8,11-12,18-19H,6,9-10,13-15H2,1-2H3,(H,26,33)(H,31,32);3-5,7-8,12,17-18H,6,9-11,13-14H2,1-2H3,(H,26,33)(H,31,32);9-10,14,16-17H,5-8,11-13H2,1-4H3,(H,24,31)(H,29,30);8-9,14-16H,3-7,10-12H2,1-2H3,(H,28,29)/t18-,19-;17-,18-;14-,16-,17-;15-,16-/m0000/s1. The lowest BCUT2D eigenvalue weighted by molar-refractivity contribution is -0.144. The molecule has 40 heteroatoms. The van der Waals surface area contributed by atoms with E-state index in [1.807, 2.05) is 113 Å². The number of rotatable bonds is 33. The number of pyridine rings is 3. The summed E-state index contributed by atoms with van der Waals surface area (Å²) in [6.45, 7) is 13.1. The van der Waals surface area contributed by atoms with E-state index in [1.165, 1.54) is 0 Å². The maximum absolute atomic E-state index is 12.2. The summed E-state index contributed by atoms with van der Waals surface area (Å²) < 4.78 is 51.7. The van der Waals surface area contributed by atoms with Crippen LogP contribution in [0, 0.1) is 63.2 Å². The Balaban J connectivity index is 0.000000161. The van der Waals surface area contributed by atoms with Gasteiger partial charge in [-0.1, -0.05) is 102 Å². The fourth-order valence-electron chi connectivity index (χ4n) is 15.9. The first-order chi connectivity index (χ1) is 64.5. The fraction of sp³-hybridized carbons (Fsp3) is 0.500. The number of carboxylic acids is 4. The van der Waals surface area contributed by atoms with E-state index in [0.717, 1.165) is 81.8 Å². The zero-order valence-electron chi connectivity index (χ0n) is 77.1. The van der Waals surface area contributed by atoms with Crippen molar-refractivity contribution >= 4 is 48.1 Å². The molecule has 0 radical (unpaired) electrons. The molecule has 9 atom stereocenters. The zero-order chi connectivity index (χ0) is 95.5. The van der Waals surface area contributed by atoms with Gasteiger partial charge in [-0.25, -0.2) is 53.3 Å². The van der Waals surface area contributed by atoms with Gasteiger partial charge in [-0.05, 0) is 203 Å². The molecule has 5 aliphatic carbocycles. The molecule has 714 valence electrons. The molecular weight excluding hydrogens is 1730 g/mol. The molecule has 134 heavy (non-hydrogen) atoms. The number of carboxylic acid groups (broad SMARTS) is 4. The molecule has 3 amide bonds. The lowest BCUT2D eigenvalue weighted by Gasteiger charge is -2.27. The SMILES string of the molecule is CC[C@H](C)COC(=O)NCc1c(-c2ccc(O[C@H]3CCC[C@H](C(=O)O)C3)c(C)n2)nnn1C.Cc1nc(-c2nnn(C)c2CC(=O)OCC2CC2)ccc1O[C@H]1CCC[C@H](C(=O)O)C1.Cc1nc(-c2nnn(C)c2CNC(=O)OCc2ccccc2)ccc1O[C@H]1CCC[C@H](C(=O)O)C1.Cc1nc(-c2nnn(C)c2CNC(=O)OCc2ccccc2)cnc1O[C@H]1CCC[C@H](C(=O)O)C1. The van der Waals surface area contributed by atoms with E-state index >= 15 is 0 Å². The van der Waals surface area contributed by atoms with Crippen molar-refractivity contribution in [2.75, 3.05) is 13.2 Å². The minimum absolute atomic E-state index is 0.0865. The Kier molecular flexibility index (Phi) is 35.3. The molecule has 0 saturated heterocycles. The van der Waals surface area contributed by atoms with Gasteiger partial charge in [0.25, 0.3) is 0 Å². The van der Waals surface area contributed by atoms with Crippen LogP contribution in [0.1, 0.15) is 193 Å². The number of aryl methyl sites for hydroxylation is 8. The van der Waals surface area contributed by atoms with Crippen molar-refractivity contribution in [3.8, 4) is 68.7 Å². The van der Waals surface area contributed by atoms with E-state index in [2.05, 4.69) is 82.1 Å². The van der Waals surface area contributed by atoms with Crippen LogP contribution in [0.25, 0.3) is 45.6 Å². The van der Waals surface area contributed by atoms with Crippen molar-refractivity contribution in [2.45, 2.75) is 227 Å². The Bertz CT molecular complexity index is 5480. The smallest absolute Gasteiger partial charge is 0.407 e. The van der Waals surface area contributed by atoms with Crippen LogP contribution in [0.5, 0.6) is 23.1 Å². The number of aromatic nitrogens is 17. The average Bonchev–Trinajstić information content (AvgIpc) is 1.69. The van der Waals surface area contributed by atoms with E-state index in [0.29, 0.717) is 191 Å². The van der Waals surface area contributed by atoms with Gasteiger partial charge in [0.15, 0.2) is 0 Å². The second-order valence-electron chi connectivity index (χ2n) is 34.4. The van der Waals surface area contributed by atoms with E-state index in [9.17, 15) is 58.8 Å². The second-order valence-corrected chi connectivity index (χ2v) is 34.4. The van der Waals surface area contributed by atoms with E-state index in [4.69, 9.17) is 37.9 Å². The van der Waals surface area contributed by atoms with Gasteiger partial charge in [0.1, 0.15) is 70.7 Å². The molecule has 8 heterocycles. The normalized spacial score (nSPS) is 18.7. The van der Waals surface area contributed by atoms with Gasteiger partial charge in [-0.15, -0.1) is 20.4 Å². The summed E-state index contributed by atoms with van der Waals surface area (Å²) in [5, 5.41) is 78.5. The molecule has 5 fully saturated rings. The molecule has 0 spiro atoms. The number of nitrogens with one attached hydrogen (secondary N) is 3. The molecule has 0 bridgehead atoms. The van der Waals surface area contributed by atoms with Crippen LogP contribution in [0.2, 0.25) is 0 Å². The van der Waals surface area contributed by atoms with Gasteiger partial charge >= 0.3 is 48.1 Å². The van der Waals surface area contributed by atoms with E-state index < -0.39 is 48.1 Å². The molecule has 15 rings (SSSR count). The first kappa shape index (κ1) is 98.9. The number of amides is 3. The molecule has 0 unspecified atom stereocenters. The van der Waals surface area contributed by atoms with Crippen LogP contribution in [-0.2, 0) is 110 Å². The molecule has 10 aromatic rings. The lowest BCUT2D eigenvalue weighted by atomic mass is 9.87. The average molecular weight is 1850 g/mol. The van der Waals surface area contributed by atoms with Crippen LogP contribution in [0.4, 0.5) is 14.4 Å². The topological polar surface area (TPSA) is 515 Å². The number of alkyl carbamates (subject to hydrolysis) is 3. The van der Waals surface area contributed by atoms with Crippen LogP contribution in [-0.4, -0.2) is 191 Å². The number of benzene rings is 2. The summed E-state index contributed by atoms with van der Waals surface area (Å²) in [4.78, 5) is 117. The Morgan fingerprint density at radius 2 is 0.739 bits per heavy atom. The van der Waals surface area contributed by atoms with Gasteiger partial charge in [-0.2, -0.15) is 0 Å². The van der Waals surface area contributed by atoms with Gasteiger partial charge in [0.05, 0.1) is 144 Å². The molecule has 5 aliphatic rings. The van der Waals surface area contributed by atoms with Crippen molar-refractivity contribution < 1.29 is 96.7 Å². The third-order valence-corrected chi connectivity index (χ3v) is 24.1. The number of ether oxygens (including phenoxy) is 8. The molecule has 40 nitrogen and oxygen atoms in total. The number of aliphatic carboxylic acids is 4. The van der Waals surface area contributed by atoms with Gasteiger partial charge < -0.3 is 74.3 Å². The zero-order valence-corrected chi connectivity index (χ0v) is 77.1. The minimum atomic E-state index is -0.788. The number of esters is 1. The first-order valence-electron chi connectivity index (χ1n) is 45.3. The van der Waals surface area contributed by atoms with Gasteiger partial charge in [-0.3, -0.25) is 28.7 Å². The number of carbonyl (C=O) groups excluding carboxylic acids is 4. The van der Waals surface area contributed by atoms with Crippen molar-refractivity contribution in [3.63, 3.8) is 0 Å². The number of carbonyl (C=O) groups is 8. The minimum Gasteiger partial charge on any atom is -0.489 e. The highest BCUT2D eigenvalue weighted by Crippen LogP contribution is 2.37. The van der Waals surface area contributed by atoms with Crippen molar-refractivity contribution in [2.24, 2.45) is 63.7 Å². The third kappa shape index (κ3) is 28.5. The third-order valence-electron chi connectivity index (χ3n) is 24.1. The summed E-state index contributed by atoms with van der Waals surface area (Å²) in [6.07, 6.45) is 13.9. The molecule has 2 aromatic carbocycles. The van der Waals surface area contributed by atoms with Crippen molar-refractivity contribution in [1.29, 1.82) is 0 Å². The Morgan fingerprint density at radius 1 is 0.403 bits per heavy atom. The van der Waals surface area contributed by atoms with E-state index in [1.54, 1.807) is 78.2 Å². The van der Waals surface area contributed by atoms with Gasteiger partial charge in [0, 0.05) is 28.2 Å². The highest BCUT2D eigenvalue weighted by molar-refractivity contribution is 5.76. The molecule has 7 N–H and O–H groups in total. The predicted octanol–water partition coefficient (Wildman–Crippen LogP) is 12.8. The summed E-state index contributed by atoms with van der Waals surface area (Å²) >= 11 is 0. The fourth-order valence-corrected chi connectivity index (χ4v) is 15.9. The Labute approximate surface area is 774 Å². The Morgan fingerprint density at radius 3 is 1.08 bits per heavy atom. The number of hydrogen-bond donors (Lipinski definition) is 7. The van der Waals surface area contributed by atoms with Crippen LogP contribution >= 0.6 is 0 Å². The van der Waals surface area contributed by atoms with Crippen LogP contribution < -0.4 is 34.9 Å². The maximum Gasteiger partial charge on any atom is 0.407 e. The molecule has 8 aromatic heterocycles. The van der Waals surface area contributed by atoms with E-state index in [-0.39, 0.29) is 87.4 Å². The summed E-state index contributed by atoms with van der Waals surface area (Å²) in [5.74, 6) is -1.76. The summed E-state index contributed by atoms with van der Waals surface area (Å²) in [6, 6.07) is 29.7. The monoisotopic (exact) mass is 1850 g/mol. The van der Waals surface area contributed by atoms with Crippen LogP contribution in [0.15, 0.2) is 103 Å². The quantitative estimate of drug-likeness (QED) is 0.0148. The van der Waals surface area contributed by atoms with Gasteiger partial charge in [0.2, 0.25) is 5.88 Å². The highest BCUT2D eigenvalue weighted by atomic mass is 16.6. The van der Waals surface area contributed by atoms with Crippen molar-refractivity contribution in [3.05, 3.63) is 160 Å². The number of nitrogens with zero attached hydrogens (tertiary/aromatic N) is 17. The largest absolute Gasteiger partial charge is 0.489 e. The lowest BCUT2D eigenvalue weighted by Crippen LogP contribution is -2.30. The highest BCUT2D eigenvalue weighted by Gasteiger charge is 2.35. The Hall–Kier alpha value is -14.1. The maximum atomic E-state index is 12.2. The summed E-state index contributed by atoms with van der Waals surface area (Å²) in [5.41, 5.74) is 11.5. The first-order valence-corrected chi connectivity index (χ1v) is 45.3. The predicted molar refractivity (Wildman–Crippen MR) is 482 cm³/mol. The molecule has 5 saturated carbocycles. The number of hydrogen-bond acceptors (Lipinski definition) is 29. The summed E-state index contributed by atoms with van der Waals surface area (Å²) in [7, 11) is 6.97. The second kappa shape index (κ2) is 47.8. The molecular formula is C94H118N20O20. The van der Waals surface area contributed by atoms with Crippen molar-refractivity contribution in [1.82, 2.24) is 101 Å². The van der Waals surface area contributed by atoms with Crippen LogP contribution in [0.3, 0.4) is 0 Å².